The first kappa shape index (κ1) is 21.6. The van der Waals surface area contributed by atoms with E-state index in [4.69, 9.17) is 0 Å². The molecule has 7 heteroatoms. The molecule has 0 radical (unpaired) electrons. The highest BCUT2D eigenvalue weighted by Crippen LogP contribution is 2.20. The zero-order valence-electron chi connectivity index (χ0n) is 16.3. The minimum atomic E-state index is -0.316. The molecule has 0 spiro atoms. The van der Waals surface area contributed by atoms with Gasteiger partial charge >= 0.3 is 6.03 Å². The van der Waals surface area contributed by atoms with E-state index in [-0.39, 0.29) is 30.8 Å². The first-order valence-electron chi connectivity index (χ1n) is 9.13. The number of urea groups is 1. The summed E-state index contributed by atoms with van der Waals surface area (Å²) in [6, 6.07) is 7.81. The van der Waals surface area contributed by atoms with E-state index in [1.807, 2.05) is 25.3 Å². The fourth-order valence-corrected chi connectivity index (χ4v) is 3.60. The third-order valence-electron chi connectivity index (χ3n) is 4.23. The molecule has 0 unspecified atom stereocenters. The molecule has 0 bridgehead atoms. The third-order valence-corrected chi connectivity index (χ3v) is 5.24. The molecule has 1 aromatic heterocycles. The van der Waals surface area contributed by atoms with Gasteiger partial charge in [0.15, 0.2) is 0 Å². The van der Waals surface area contributed by atoms with Gasteiger partial charge in [-0.15, -0.1) is 17.9 Å². The summed E-state index contributed by atoms with van der Waals surface area (Å²) in [4.78, 5) is 29.5. The van der Waals surface area contributed by atoms with E-state index >= 15 is 0 Å². The van der Waals surface area contributed by atoms with Gasteiger partial charge in [0.05, 0.1) is 6.54 Å². The average Bonchev–Trinajstić information content (AvgIpc) is 3.07. The van der Waals surface area contributed by atoms with Crippen LogP contribution in [0.25, 0.3) is 0 Å². The van der Waals surface area contributed by atoms with E-state index in [0.29, 0.717) is 19.6 Å². The normalized spacial score (nSPS) is 10.4. The Morgan fingerprint density at radius 3 is 2.46 bits per heavy atom. The molecule has 0 fully saturated rings. The Bertz CT molecular complexity index is 804. The molecule has 0 atom stereocenters. The number of carbonyl (C=O) groups is 2. The monoisotopic (exact) mass is 403 g/mol. The van der Waals surface area contributed by atoms with E-state index in [1.54, 1.807) is 34.4 Å². The Labute approximate surface area is 169 Å². The highest BCUT2D eigenvalue weighted by molar-refractivity contribution is 7.10. The summed E-state index contributed by atoms with van der Waals surface area (Å²) in [5, 5.41) is 4.70. The van der Waals surface area contributed by atoms with Crippen LogP contribution < -0.4 is 5.32 Å². The van der Waals surface area contributed by atoms with Crippen molar-refractivity contribution >= 4 is 23.3 Å². The lowest BCUT2D eigenvalue weighted by atomic mass is 10.2. The van der Waals surface area contributed by atoms with Crippen molar-refractivity contribution in [2.75, 3.05) is 19.6 Å². The number of carbonyl (C=O) groups excluding carboxylic acids is 2. The van der Waals surface area contributed by atoms with Crippen LogP contribution in [0.2, 0.25) is 0 Å². The summed E-state index contributed by atoms with van der Waals surface area (Å²) in [7, 11) is 0. The Kier molecular flexibility index (Phi) is 8.19. The topological polar surface area (TPSA) is 52.7 Å². The second-order valence-corrected chi connectivity index (χ2v) is 7.41. The number of hydrogen-bond acceptors (Lipinski definition) is 3. The first-order chi connectivity index (χ1) is 13.4. The van der Waals surface area contributed by atoms with Gasteiger partial charge in [-0.05, 0) is 48.6 Å². The number of nitrogens with zero attached hydrogens (tertiary/aromatic N) is 2. The maximum absolute atomic E-state index is 13.2. The number of thiophene rings is 1. The molecule has 28 heavy (non-hydrogen) atoms. The summed E-state index contributed by atoms with van der Waals surface area (Å²) < 4.78 is 13.2. The Hall–Kier alpha value is -2.67. The third kappa shape index (κ3) is 6.20. The molecular weight excluding hydrogens is 377 g/mol. The lowest BCUT2D eigenvalue weighted by Gasteiger charge is -2.27. The van der Waals surface area contributed by atoms with Gasteiger partial charge in [-0.25, -0.2) is 9.18 Å². The summed E-state index contributed by atoms with van der Waals surface area (Å²) in [6.07, 6.45) is 1.59. The predicted molar refractivity (Wildman–Crippen MR) is 111 cm³/mol. The number of hydrogen-bond donors (Lipinski definition) is 1. The van der Waals surface area contributed by atoms with Gasteiger partial charge < -0.3 is 15.1 Å². The predicted octanol–water partition coefficient (Wildman–Crippen LogP) is 3.94. The van der Waals surface area contributed by atoms with Crippen LogP contribution >= 0.6 is 11.3 Å². The summed E-state index contributed by atoms with van der Waals surface area (Å²) in [6.45, 7) is 8.98. The van der Waals surface area contributed by atoms with Gasteiger partial charge in [-0.1, -0.05) is 18.2 Å². The van der Waals surface area contributed by atoms with Gasteiger partial charge in [0, 0.05) is 24.5 Å². The van der Waals surface area contributed by atoms with Crippen molar-refractivity contribution in [1.29, 1.82) is 0 Å². The smallest absolute Gasteiger partial charge is 0.318 e. The van der Waals surface area contributed by atoms with Gasteiger partial charge in [-0.3, -0.25) is 4.79 Å². The second-order valence-electron chi connectivity index (χ2n) is 6.41. The number of amides is 3. The molecular formula is C21H26FN3O2S. The number of rotatable bonds is 9. The standard InChI is InChI=1S/C21H26FN3O2S/c1-4-11-24(21(27)23-5-2)15-20(26)25(14-19-16(3)10-12-28-19)13-17-6-8-18(22)9-7-17/h4,6-10,12H,1,5,11,13-15H2,2-3H3,(H,23,27). The number of benzene rings is 1. The largest absolute Gasteiger partial charge is 0.338 e. The Balaban J connectivity index is 2.19. The van der Waals surface area contributed by atoms with Crippen molar-refractivity contribution in [3.05, 3.63) is 70.2 Å². The van der Waals surface area contributed by atoms with Crippen LogP contribution in [-0.2, 0) is 17.9 Å². The van der Waals surface area contributed by atoms with Gasteiger partial charge in [0.2, 0.25) is 5.91 Å². The fourth-order valence-electron chi connectivity index (χ4n) is 2.68. The first-order valence-corrected chi connectivity index (χ1v) is 10.0. The molecule has 2 aromatic rings. The lowest BCUT2D eigenvalue weighted by molar-refractivity contribution is -0.133. The zero-order valence-corrected chi connectivity index (χ0v) is 17.1. The van der Waals surface area contributed by atoms with E-state index in [1.165, 1.54) is 17.0 Å². The van der Waals surface area contributed by atoms with E-state index < -0.39 is 0 Å². The van der Waals surface area contributed by atoms with Crippen molar-refractivity contribution in [1.82, 2.24) is 15.1 Å². The van der Waals surface area contributed by atoms with Crippen molar-refractivity contribution in [3.8, 4) is 0 Å². The maximum atomic E-state index is 13.2. The van der Waals surface area contributed by atoms with Crippen molar-refractivity contribution < 1.29 is 14.0 Å². The van der Waals surface area contributed by atoms with E-state index in [2.05, 4.69) is 11.9 Å². The van der Waals surface area contributed by atoms with Crippen LogP contribution in [0.3, 0.4) is 0 Å². The Morgan fingerprint density at radius 1 is 1.18 bits per heavy atom. The molecule has 0 aliphatic carbocycles. The van der Waals surface area contributed by atoms with Gasteiger partial charge in [0.25, 0.3) is 0 Å². The minimum absolute atomic E-state index is 0.0521. The summed E-state index contributed by atoms with van der Waals surface area (Å²) in [5.41, 5.74) is 1.95. The molecule has 0 aliphatic rings. The molecule has 1 aromatic carbocycles. The van der Waals surface area contributed by atoms with E-state index in [9.17, 15) is 14.0 Å². The SMILES string of the molecule is C=CCN(CC(=O)N(Cc1ccc(F)cc1)Cc1sccc1C)C(=O)NCC. The second kappa shape index (κ2) is 10.6. The van der Waals surface area contributed by atoms with Crippen LogP contribution in [0.4, 0.5) is 9.18 Å². The molecule has 1 heterocycles. The van der Waals surface area contributed by atoms with Crippen molar-refractivity contribution in [2.24, 2.45) is 0 Å². The zero-order chi connectivity index (χ0) is 20.5. The minimum Gasteiger partial charge on any atom is -0.338 e. The lowest BCUT2D eigenvalue weighted by Crippen LogP contribution is -2.46. The summed E-state index contributed by atoms with van der Waals surface area (Å²) >= 11 is 1.59. The molecule has 0 aliphatic heterocycles. The fraction of sp³-hybridized carbons (Fsp3) is 0.333. The number of aryl methyl sites for hydroxylation is 1. The Morgan fingerprint density at radius 2 is 1.89 bits per heavy atom. The molecule has 0 saturated heterocycles. The highest BCUT2D eigenvalue weighted by Gasteiger charge is 2.21. The highest BCUT2D eigenvalue weighted by atomic mass is 32.1. The van der Waals surface area contributed by atoms with Crippen LogP contribution in [-0.4, -0.2) is 41.4 Å². The average molecular weight is 404 g/mol. The quantitative estimate of drug-likeness (QED) is 0.645. The molecule has 150 valence electrons. The van der Waals surface area contributed by atoms with Crippen LogP contribution in [0.1, 0.15) is 22.9 Å². The van der Waals surface area contributed by atoms with Crippen molar-refractivity contribution in [2.45, 2.75) is 26.9 Å². The maximum Gasteiger partial charge on any atom is 0.318 e. The molecule has 0 saturated carbocycles. The van der Waals surface area contributed by atoms with Crippen LogP contribution in [0.15, 0.2) is 48.4 Å². The van der Waals surface area contributed by atoms with Crippen LogP contribution in [0, 0.1) is 12.7 Å². The molecule has 2 rings (SSSR count). The van der Waals surface area contributed by atoms with E-state index in [0.717, 1.165) is 16.0 Å². The van der Waals surface area contributed by atoms with Crippen LogP contribution in [0.5, 0.6) is 0 Å². The van der Waals surface area contributed by atoms with Gasteiger partial charge in [0.1, 0.15) is 12.4 Å². The summed E-state index contributed by atoms with van der Waals surface area (Å²) in [5.74, 6) is -0.491. The van der Waals surface area contributed by atoms with Gasteiger partial charge in [-0.2, -0.15) is 0 Å². The number of halogens is 1. The molecule has 1 N–H and O–H groups in total. The molecule has 3 amide bonds. The van der Waals surface area contributed by atoms with Crippen molar-refractivity contribution in [3.63, 3.8) is 0 Å². The number of nitrogens with one attached hydrogen (secondary N) is 1. The molecule has 5 nitrogen and oxygen atoms in total.